The highest BCUT2D eigenvalue weighted by Gasteiger charge is 2.38. The average molecular weight is 698 g/mol. The number of carbonyl (C=O) groups is 1. The number of sulfonamides is 1. The lowest BCUT2D eigenvalue weighted by Gasteiger charge is -2.36. The van der Waals surface area contributed by atoms with Gasteiger partial charge in [-0.2, -0.15) is 4.98 Å². The number of amides is 1. The Morgan fingerprint density at radius 1 is 1.00 bits per heavy atom. The normalized spacial score (nSPS) is 20.3. The summed E-state index contributed by atoms with van der Waals surface area (Å²) in [6, 6.07) is 13.5. The fraction of sp³-hybridized carbons (Fsp3) is 0.447. The number of anilines is 2. The summed E-state index contributed by atoms with van der Waals surface area (Å²) in [7, 11) is -4.18. The van der Waals surface area contributed by atoms with Crippen molar-refractivity contribution in [1.82, 2.24) is 24.8 Å². The highest BCUT2D eigenvalue weighted by molar-refractivity contribution is 7.92. The van der Waals surface area contributed by atoms with Crippen LogP contribution < -0.4 is 14.4 Å². The van der Waals surface area contributed by atoms with Gasteiger partial charge in [-0.25, -0.2) is 23.1 Å². The molecular formula is C38H47N7O4S. The minimum Gasteiger partial charge on any atom is -0.475 e. The summed E-state index contributed by atoms with van der Waals surface area (Å²) >= 11 is 0. The molecule has 0 aliphatic carbocycles. The van der Waals surface area contributed by atoms with Crippen LogP contribution in [0, 0.1) is 24.7 Å². The molecule has 2 aliphatic heterocycles. The summed E-state index contributed by atoms with van der Waals surface area (Å²) in [5.74, 6) is 0.511. The van der Waals surface area contributed by atoms with E-state index >= 15 is 0 Å². The molecule has 6 rings (SSSR count). The van der Waals surface area contributed by atoms with E-state index < -0.39 is 16.1 Å². The van der Waals surface area contributed by atoms with Crippen LogP contribution in [0.25, 0.3) is 11.3 Å². The molecule has 0 unspecified atom stereocenters. The number of hydrogen-bond acceptors (Lipinski definition) is 9. The van der Waals surface area contributed by atoms with E-state index in [4.69, 9.17) is 9.72 Å². The third kappa shape index (κ3) is 7.45. The van der Waals surface area contributed by atoms with Crippen molar-refractivity contribution in [1.29, 1.82) is 0 Å². The molecule has 2 aromatic carbocycles. The van der Waals surface area contributed by atoms with Gasteiger partial charge in [0.1, 0.15) is 12.4 Å². The molecule has 11 nitrogen and oxygen atoms in total. The van der Waals surface area contributed by atoms with Gasteiger partial charge in [-0.05, 0) is 73.8 Å². The molecule has 12 heteroatoms. The van der Waals surface area contributed by atoms with Crippen LogP contribution in [-0.2, 0) is 16.6 Å². The zero-order valence-corrected chi connectivity index (χ0v) is 31.0. The van der Waals surface area contributed by atoms with Crippen LogP contribution in [0.4, 0.5) is 11.8 Å². The Balaban J connectivity index is 1.46. The second kappa shape index (κ2) is 13.3. The van der Waals surface area contributed by atoms with Gasteiger partial charge in [-0.3, -0.25) is 9.78 Å². The van der Waals surface area contributed by atoms with Gasteiger partial charge in [0.25, 0.3) is 15.9 Å². The molecule has 2 atom stereocenters. The van der Waals surface area contributed by atoms with Crippen LogP contribution in [-0.4, -0.2) is 64.4 Å². The summed E-state index contributed by atoms with van der Waals surface area (Å²) in [6.07, 6.45) is 5.10. The van der Waals surface area contributed by atoms with Crippen molar-refractivity contribution in [2.45, 2.75) is 91.8 Å². The maximum Gasteiger partial charge on any atom is 0.264 e. The van der Waals surface area contributed by atoms with E-state index in [-0.39, 0.29) is 58.2 Å². The minimum atomic E-state index is -4.18. The Labute approximate surface area is 295 Å². The van der Waals surface area contributed by atoms with E-state index in [0.29, 0.717) is 17.8 Å². The Kier molecular flexibility index (Phi) is 9.36. The van der Waals surface area contributed by atoms with Gasteiger partial charge in [0, 0.05) is 29.8 Å². The number of rotatable bonds is 5. The van der Waals surface area contributed by atoms with Gasteiger partial charge >= 0.3 is 0 Å². The molecule has 1 amide bonds. The number of ether oxygens (including phenoxy) is 1. The van der Waals surface area contributed by atoms with Crippen LogP contribution in [0.15, 0.2) is 65.8 Å². The van der Waals surface area contributed by atoms with Crippen LogP contribution in [0.1, 0.15) is 81.6 Å². The number of nitrogens with one attached hydrogen (secondary N) is 1. The second-order valence-corrected chi connectivity index (χ2v) is 17.1. The molecule has 2 aliphatic rings. The summed E-state index contributed by atoms with van der Waals surface area (Å²) in [6.45, 7) is 18.2. The van der Waals surface area contributed by atoms with Gasteiger partial charge in [0.05, 0.1) is 41.3 Å². The number of fused-ring (bicyclic) bond motifs is 4. The number of benzene rings is 2. The lowest BCUT2D eigenvalue weighted by molar-refractivity contribution is 0.0509. The van der Waals surface area contributed by atoms with E-state index in [1.807, 2.05) is 32.0 Å². The first-order chi connectivity index (χ1) is 23.5. The number of aromatic nitrogens is 4. The van der Waals surface area contributed by atoms with Crippen LogP contribution >= 0.6 is 0 Å². The molecule has 50 heavy (non-hydrogen) atoms. The maximum absolute atomic E-state index is 14.6. The standard InChI is InChI=1S/C38H47N7O4S/c1-24-11-9-12-25(2)34(24)31-18-33-42-36(41-31)43-50(47,48)30-14-10-13-27(17-30)35(46)45(29(23-49-33)19-37(4,5)6)22-28-20-39-21-32(40-28)44-16-15-38(7,8)26(44)3/h9-14,17-18,20-21,26,29H,15-16,19,22-23H2,1-8H3,(H,41,42,43)/t26-,29-/m1/s1. The topological polar surface area (TPSA) is 131 Å². The van der Waals surface area contributed by atoms with E-state index in [2.05, 4.69) is 66.1 Å². The first kappa shape index (κ1) is 35.3. The van der Waals surface area contributed by atoms with Gasteiger partial charge in [-0.15, -0.1) is 0 Å². The van der Waals surface area contributed by atoms with Crippen molar-refractivity contribution in [2.75, 3.05) is 22.8 Å². The second-order valence-electron chi connectivity index (χ2n) is 15.5. The Bertz CT molecular complexity index is 2010. The Morgan fingerprint density at radius 2 is 1.72 bits per heavy atom. The first-order valence-electron chi connectivity index (χ1n) is 17.1. The fourth-order valence-electron chi connectivity index (χ4n) is 6.88. The molecule has 1 N–H and O–H groups in total. The van der Waals surface area contributed by atoms with E-state index in [9.17, 15) is 13.2 Å². The zero-order valence-electron chi connectivity index (χ0n) is 30.2. The van der Waals surface area contributed by atoms with Crippen molar-refractivity contribution in [3.63, 3.8) is 0 Å². The van der Waals surface area contributed by atoms with E-state index in [0.717, 1.165) is 35.5 Å². The predicted octanol–water partition coefficient (Wildman–Crippen LogP) is 6.82. The molecule has 0 saturated carbocycles. The lowest BCUT2D eigenvalue weighted by atomic mass is 9.86. The molecule has 1 saturated heterocycles. The van der Waals surface area contributed by atoms with Crippen molar-refractivity contribution in [2.24, 2.45) is 10.8 Å². The first-order valence-corrected chi connectivity index (χ1v) is 18.6. The fourth-order valence-corrected chi connectivity index (χ4v) is 7.87. The quantitative estimate of drug-likeness (QED) is 0.239. The molecule has 1 fully saturated rings. The molecule has 4 bridgehead atoms. The number of carbonyl (C=O) groups excluding carboxylic acids is 1. The molecule has 264 valence electrons. The lowest BCUT2D eigenvalue weighted by Crippen LogP contribution is -2.45. The van der Waals surface area contributed by atoms with Crippen LogP contribution in [0.3, 0.4) is 0 Å². The van der Waals surface area contributed by atoms with Crippen LogP contribution in [0.2, 0.25) is 0 Å². The maximum atomic E-state index is 14.6. The Hall–Kier alpha value is -4.58. The third-order valence-corrected chi connectivity index (χ3v) is 11.2. The highest BCUT2D eigenvalue weighted by Crippen LogP contribution is 2.38. The largest absolute Gasteiger partial charge is 0.475 e. The van der Waals surface area contributed by atoms with Gasteiger partial charge < -0.3 is 14.5 Å². The average Bonchev–Trinajstić information content (AvgIpc) is 3.32. The van der Waals surface area contributed by atoms with Crippen LogP contribution in [0.5, 0.6) is 5.88 Å². The molecule has 4 aromatic rings. The Morgan fingerprint density at radius 3 is 2.40 bits per heavy atom. The molecular weight excluding hydrogens is 651 g/mol. The van der Waals surface area contributed by atoms with Crippen molar-refractivity contribution in [3.8, 4) is 17.1 Å². The highest BCUT2D eigenvalue weighted by atomic mass is 32.2. The molecule has 0 radical (unpaired) electrons. The molecule has 0 spiro atoms. The number of aryl methyl sites for hydroxylation is 2. The predicted molar refractivity (Wildman–Crippen MR) is 195 cm³/mol. The number of nitrogens with zero attached hydrogens (tertiary/aromatic N) is 6. The third-order valence-electron chi connectivity index (χ3n) is 9.92. The summed E-state index contributed by atoms with van der Waals surface area (Å²) in [5, 5.41) is 0. The zero-order chi connectivity index (χ0) is 36.0. The van der Waals surface area contributed by atoms with Crippen molar-refractivity contribution >= 4 is 27.7 Å². The van der Waals surface area contributed by atoms with Crippen molar-refractivity contribution in [3.05, 3.63) is 83.3 Å². The number of hydrogen-bond donors (Lipinski definition) is 1. The monoisotopic (exact) mass is 697 g/mol. The smallest absolute Gasteiger partial charge is 0.264 e. The SMILES string of the molecule is Cc1cccc(C)c1-c1cc2nc(n1)NS(=O)(=O)c1cccc(c1)C(=O)N(Cc1cncc(N3CCC(C)(C)[C@H]3C)n1)[C@H](CC(C)(C)C)CO2. The summed E-state index contributed by atoms with van der Waals surface area (Å²) in [5.41, 5.74) is 4.15. The van der Waals surface area contributed by atoms with E-state index in [1.165, 1.54) is 12.1 Å². The van der Waals surface area contributed by atoms with Gasteiger partial charge in [0.2, 0.25) is 11.8 Å². The summed E-state index contributed by atoms with van der Waals surface area (Å²) < 4.78 is 36.4. The molecule has 4 heterocycles. The van der Waals surface area contributed by atoms with E-state index in [1.54, 1.807) is 35.5 Å². The van der Waals surface area contributed by atoms with Gasteiger partial charge in [-0.1, -0.05) is 58.9 Å². The van der Waals surface area contributed by atoms with Gasteiger partial charge in [0.15, 0.2) is 0 Å². The van der Waals surface area contributed by atoms with Crippen molar-refractivity contribution < 1.29 is 17.9 Å². The minimum absolute atomic E-state index is 0.0779. The molecule has 2 aromatic heterocycles. The summed E-state index contributed by atoms with van der Waals surface area (Å²) in [4.78, 5) is 37.2.